The Kier molecular flexibility index (Phi) is 10.5. The van der Waals surface area contributed by atoms with Crippen molar-refractivity contribution in [3.8, 4) is 11.1 Å². The predicted octanol–water partition coefficient (Wildman–Crippen LogP) is 15.2. The van der Waals surface area contributed by atoms with E-state index in [1.807, 2.05) is 0 Å². The van der Waals surface area contributed by atoms with Crippen molar-refractivity contribution in [2.75, 3.05) is 9.80 Å². The lowest BCUT2D eigenvalue weighted by molar-refractivity contribution is 0.768. The zero-order chi connectivity index (χ0) is 40.3. The van der Waals surface area contributed by atoms with Gasteiger partial charge in [0.15, 0.2) is 0 Å². The molecule has 0 heterocycles. The van der Waals surface area contributed by atoms with Crippen LogP contribution in [0.2, 0.25) is 0 Å². The van der Waals surface area contributed by atoms with Crippen molar-refractivity contribution in [1.82, 2.24) is 0 Å². The summed E-state index contributed by atoms with van der Waals surface area (Å²) in [5, 5.41) is 0. The Morgan fingerprint density at radius 3 is 0.847 bits per heavy atom. The quantitative estimate of drug-likeness (QED) is 0.122. The van der Waals surface area contributed by atoms with Crippen LogP contribution in [0.5, 0.6) is 0 Å². The van der Waals surface area contributed by atoms with Crippen LogP contribution in [0.15, 0.2) is 194 Å². The Labute approximate surface area is 351 Å². The second-order valence-electron chi connectivity index (χ2n) is 15.7. The van der Waals surface area contributed by atoms with E-state index < -0.39 is 5.41 Å². The molecule has 0 radical (unpaired) electrons. The summed E-state index contributed by atoms with van der Waals surface area (Å²) in [6.45, 7) is 8.87. The van der Waals surface area contributed by atoms with Gasteiger partial charge in [-0.15, -0.1) is 0 Å². The molecule has 0 aromatic heterocycles. The summed E-state index contributed by atoms with van der Waals surface area (Å²) in [4.78, 5) is 4.85. The minimum Gasteiger partial charge on any atom is -0.310 e. The number of fused-ring (bicyclic) bond motifs is 3. The summed E-state index contributed by atoms with van der Waals surface area (Å²) in [6.07, 6.45) is 4.03. The molecule has 1 aliphatic carbocycles. The second kappa shape index (κ2) is 16.3. The maximum Gasteiger partial charge on any atom is 0.0715 e. The predicted molar refractivity (Wildman–Crippen MR) is 251 cm³/mol. The Morgan fingerprint density at radius 1 is 0.305 bits per heavy atom. The maximum atomic E-state index is 2.47. The van der Waals surface area contributed by atoms with E-state index in [0.717, 1.165) is 59.8 Å². The third kappa shape index (κ3) is 6.83. The van der Waals surface area contributed by atoms with E-state index in [2.05, 4.69) is 232 Å². The number of nitrogens with zero attached hydrogens (tertiary/aromatic N) is 2. The first-order valence-electron chi connectivity index (χ1n) is 21.4. The fourth-order valence-corrected chi connectivity index (χ4v) is 9.16. The Hall–Kier alpha value is -6.64. The molecule has 0 fully saturated rings. The Bertz CT molecular complexity index is 2380. The molecule has 8 aromatic rings. The smallest absolute Gasteiger partial charge is 0.0715 e. The molecule has 9 rings (SSSR count). The molecule has 0 atom stereocenters. The first kappa shape index (κ1) is 37.9. The van der Waals surface area contributed by atoms with E-state index in [0.29, 0.717) is 0 Å². The van der Waals surface area contributed by atoms with Gasteiger partial charge in [0.25, 0.3) is 0 Å². The summed E-state index contributed by atoms with van der Waals surface area (Å²) in [5.74, 6) is 0. The van der Waals surface area contributed by atoms with E-state index in [9.17, 15) is 0 Å². The van der Waals surface area contributed by atoms with Gasteiger partial charge in [-0.25, -0.2) is 0 Å². The summed E-state index contributed by atoms with van der Waals surface area (Å²) in [6, 6.07) is 73.0. The summed E-state index contributed by atoms with van der Waals surface area (Å²) in [7, 11) is 0. The van der Waals surface area contributed by atoms with Crippen LogP contribution in [0, 0.1) is 0 Å². The molecule has 0 amide bonds. The fraction of sp³-hybridized carbons (Fsp3) is 0.158. The molecular weight excluding hydrogens is 713 g/mol. The van der Waals surface area contributed by atoms with Gasteiger partial charge in [0.2, 0.25) is 0 Å². The van der Waals surface area contributed by atoms with Crippen molar-refractivity contribution in [2.45, 2.75) is 58.8 Å². The lowest BCUT2D eigenvalue weighted by Crippen LogP contribution is -2.29. The molecule has 0 spiro atoms. The number of rotatable bonds is 12. The van der Waals surface area contributed by atoms with E-state index in [1.165, 1.54) is 55.6 Å². The van der Waals surface area contributed by atoms with Crippen LogP contribution in [-0.4, -0.2) is 0 Å². The number of hydrogen-bond acceptors (Lipinski definition) is 2. The van der Waals surface area contributed by atoms with E-state index in [1.54, 1.807) is 0 Å². The minimum absolute atomic E-state index is 0.590. The van der Waals surface area contributed by atoms with Crippen LogP contribution in [-0.2, 0) is 31.1 Å². The average molecular weight is 765 g/mol. The maximum absolute atomic E-state index is 2.47. The lowest BCUT2D eigenvalue weighted by atomic mass is 9.67. The molecule has 2 heteroatoms. The monoisotopic (exact) mass is 764 g/mol. The van der Waals surface area contributed by atoms with Gasteiger partial charge in [-0.3, -0.25) is 0 Å². The second-order valence-corrected chi connectivity index (χ2v) is 15.7. The van der Waals surface area contributed by atoms with Crippen molar-refractivity contribution in [2.24, 2.45) is 0 Å². The van der Waals surface area contributed by atoms with Crippen LogP contribution in [0.4, 0.5) is 34.1 Å². The van der Waals surface area contributed by atoms with Gasteiger partial charge in [0, 0.05) is 34.1 Å². The van der Waals surface area contributed by atoms with Gasteiger partial charge in [-0.1, -0.05) is 149 Å². The molecule has 0 bridgehead atoms. The molecule has 0 aliphatic heterocycles. The SMILES string of the molecule is CCc1ccc(N(c2ccc(CC)cc2)c2ccc3c(c2)C(c2ccccc2)(c2ccccc2)c2cc(N(c4ccc(CC)cc4)c4ccc(CC)cc4)ccc2-3)cc1. The third-order valence-electron chi connectivity index (χ3n) is 12.4. The lowest BCUT2D eigenvalue weighted by Gasteiger charge is -2.35. The van der Waals surface area contributed by atoms with Crippen LogP contribution in [0.1, 0.15) is 72.2 Å². The van der Waals surface area contributed by atoms with Gasteiger partial charge in [0.05, 0.1) is 5.41 Å². The summed E-state index contributed by atoms with van der Waals surface area (Å²) in [5.41, 5.74) is 19.2. The van der Waals surface area contributed by atoms with Crippen LogP contribution >= 0.6 is 0 Å². The topological polar surface area (TPSA) is 6.48 Å². The summed E-state index contributed by atoms with van der Waals surface area (Å²) < 4.78 is 0. The Balaban J connectivity index is 1.30. The van der Waals surface area contributed by atoms with Crippen molar-refractivity contribution < 1.29 is 0 Å². The number of anilines is 6. The van der Waals surface area contributed by atoms with Gasteiger partial charge >= 0.3 is 0 Å². The molecule has 2 nitrogen and oxygen atoms in total. The minimum atomic E-state index is -0.590. The molecule has 1 aliphatic rings. The number of aryl methyl sites for hydroxylation is 4. The standard InChI is InChI=1S/C57H52N2/c1-5-41-19-27-47(28-20-41)58(48-29-21-42(6-2)22-30-48)51-35-37-53-54-38-36-52(59(49-31-23-43(7-3)24-32-49)50-33-25-44(8-4)26-34-50)40-56(54)57(55(53)39-51,45-15-11-9-12-16-45)46-17-13-10-14-18-46/h9-40H,5-8H2,1-4H3. The largest absolute Gasteiger partial charge is 0.310 e. The van der Waals surface area contributed by atoms with Gasteiger partial charge in [0.1, 0.15) is 0 Å². The molecule has 0 saturated carbocycles. The highest BCUT2D eigenvalue weighted by atomic mass is 15.1. The van der Waals surface area contributed by atoms with Crippen molar-refractivity contribution in [3.63, 3.8) is 0 Å². The highest BCUT2D eigenvalue weighted by Gasteiger charge is 2.47. The molecule has 0 saturated heterocycles. The van der Waals surface area contributed by atoms with Crippen LogP contribution in [0.3, 0.4) is 0 Å². The highest BCUT2D eigenvalue weighted by Crippen LogP contribution is 2.58. The van der Waals surface area contributed by atoms with Gasteiger partial charge in [-0.2, -0.15) is 0 Å². The fourth-order valence-electron chi connectivity index (χ4n) is 9.16. The molecule has 59 heavy (non-hydrogen) atoms. The van der Waals surface area contributed by atoms with Gasteiger partial charge in [-0.05, 0) is 154 Å². The third-order valence-corrected chi connectivity index (χ3v) is 12.4. The van der Waals surface area contributed by atoms with E-state index in [4.69, 9.17) is 0 Å². The molecule has 8 aromatic carbocycles. The molecule has 290 valence electrons. The van der Waals surface area contributed by atoms with Crippen molar-refractivity contribution >= 4 is 34.1 Å². The number of hydrogen-bond donors (Lipinski definition) is 0. The van der Waals surface area contributed by atoms with Gasteiger partial charge < -0.3 is 9.80 Å². The average Bonchev–Trinajstić information content (AvgIpc) is 3.60. The van der Waals surface area contributed by atoms with E-state index >= 15 is 0 Å². The van der Waals surface area contributed by atoms with E-state index in [-0.39, 0.29) is 0 Å². The number of benzene rings is 8. The van der Waals surface area contributed by atoms with Crippen LogP contribution in [0.25, 0.3) is 11.1 Å². The zero-order valence-electron chi connectivity index (χ0n) is 34.7. The van der Waals surface area contributed by atoms with Crippen molar-refractivity contribution in [1.29, 1.82) is 0 Å². The van der Waals surface area contributed by atoms with Crippen LogP contribution < -0.4 is 9.80 Å². The first-order chi connectivity index (χ1) is 29.0. The normalized spacial score (nSPS) is 12.5. The molecule has 0 unspecified atom stereocenters. The molecular formula is C57H52N2. The first-order valence-corrected chi connectivity index (χ1v) is 21.4. The Morgan fingerprint density at radius 2 is 0.576 bits per heavy atom. The highest BCUT2D eigenvalue weighted by molar-refractivity contribution is 5.92. The zero-order valence-corrected chi connectivity index (χ0v) is 34.7. The molecule has 0 N–H and O–H groups in total. The van der Waals surface area contributed by atoms with Crippen molar-refractivity contribution in [3.05, 3.63) is 239 Å². The summed E-state index contributed by atoms with van der Waals surface area (Å²) >= 11 is 0.